The van der Waals surface area contributed by atoms with Gasteiger partial charge in [-0.05, 0) is 47.5 Å². The van der Waals surface area contributed by atoms with Crippen molar-refractivity contribution in [2.45, 2.75) is 12.2 Å². The first kappa shape index (κ1) is 21.5. The lowest BCUT2D eigenvalue weighted by Gasteiger charge is -2.26. The number of methoxy groups -OCH3 is 1. The van der Waals surface area contributed by atoms with Gasteiger partial charge in [0.15, 0.2) is 11.5 Å². The molecule has 2 aliphatic rings. The van der Waals surface area contributed by atoms with Crippen LogP contribution < -0.4 is 14.2 Å². The van der Waals surface area contributed by atoms with Gasteiger partial charge in [-0.3, -0.25) is 10.1 Å². The first-order valence-electron chi connectivity index (χ1n) is 10.4. The third-order valence-electron chi connectivity index (χ3n) is 5.83. The van der Waals surface area contributed by atoms with Crippen molar-refractivity contribution in [3.05, 3.63) is 99.1 Å². The third kappa shape index (κ3) is 3.61. The molecule has 3 aromatic rings. The maximum Gasteiger partial charge on any atom is 0.342 e. The number of cyclic esters (lactones) is 1. The van der Waals surface area contributed by atoms with Crippen molar-refractivity contribution in [2.24, 2.45) is 0 Å². The van der Waals surface area contributed by atoms with E-state index in [2.05, 4.69) is 0 Å². The smallest absolute Gasteiger partial charge is 0.342 e. The monoisotopic (exact) mass is 461 g/mol. The lowest BCUT2D eigenvalue weighted by atomic mass is 9.88. The highest BCUT2D eigenvalue weighted by Gasteiger charge is 2.48. The van der Waals surface area contributed by atoms with Crippen LogP contribution in [0, 0.1) is 10.1 Å². The zero-order valence-electron chi connectivity index (χ0n) is 18.0. The van der Waals surface area contributed by atoms with Crippen molar-refractivity contribution in [3.8, 4) is 17.2 Å². The van der Waals surface area contributed by atoms with Gasteiger partial charge < -0.3 is 24.1 Å². The number of nitro benzene ring substituents is 1. The van der Waals surface area contributed by atoms with Gasteiger partial charge in [0.2, 0.25) is 6.79 Å². The molecule has 0 radical (unpaired) electrons. The number of rotatable bonds is 6. The van der Waals surface area contributed by atoms with Crippen LogP contribution in [-0.4, -0.2) is 29.9 Å². The molecular weight excluding hydrogens is 442 g/mol. The molecule has 9 heteroatoms. The van der Waals surface area contributed by atoms with E-state index in [4.69, 9.17) is 18.9 Å². The fourth-order valence-electron chi connectivity index (χ4n) is 4.08. The Bertz CT molecular complexity index is 1310. The van der Waals surface area contributed by atoms with Crippen molar-refractivity contribution in [1.29, 1.82) is 0 Å². The summed E-state index contributed by atoms with van der Waals surface area (Å²) in [5, 5.41) is 22.7. The number of aliphatic hydroxyl groups is 1. The van der Waals surface area contributed by atoms with E-state index in [1.54, 1.807) is 54.6 Å². The van der Waals surface area contributed by atoms with Crippen molar-refractivity contribution in [3.63, 3.8) is 0 Å². The number of esters is 1. The SMILES string of the molecule is COc1ccc(C2(O)OC(=O)C(c3ccc4c(c3)OCO4)=C2Cc2ccc([N+](=O)[O-])cc2)cc1. The van der Waals surface area contributed by atoms with Crippen LogP contribution >= 0.6 is 0 Å². The Morgan fingerprint density at radius 2 is 1.74 bits per heavy atom. The van der Waals surface area contributed by atoms with Crippen LogP contribution in [0.25, 0.3) is 5.57 Å². The fraction of sp³-hybridized carbons (Fsp3) is 0.160. The topological polar surface area (TPSA) is 117 Å². The second-order valence-corrected chi connectivity index (χ2v) is 7.78. The number of nitrogens with zero attached hydrogens (tertiary/aromatic N) is 1. The summed E-state index contributed by atoms with van der Waals surface area (Å²) in [4.78, 5) is 23.6. The molecule has 1 N–H and O–H groups in total. The molecular formula is C25H19NO8. The Hall–Kier alpha value is -4.37. The molecule has 0 saturated heterocycles. The van der Waals surface area contributed by atoms with E-state index in [9.17, 15) is 20.0 Å². The predicted molar refractivity (Wildman–Crippen MR) is 119 cm³/mol. The van der Waals surface area contributed by atoms with Gasteiger partial charge in [-0.1, -0.05) is 18.2 Å². The molecule has 1 atom stereocenters. The first-order valence-corrected chi connectivity index (χ1v) is 10.4. The van der Waals surface area contributed by atoms with Gasteiger partial charge in [-0.25, -0.2) is 4.79 Å². The average molecular weight is 461 g/mol. The summed E-state index contributed by atoms with van der Waals surface area (Å²) in [5.41, 5.74) is 1.93. The van der Waals surface area contributed by atoms with Crippen LogP contribution in [-0.2, 0) is 21.7 Å². The van der Waals surface area contributed by atoms with E-state index < -0.39 is 16.7 Å². The molecule has 172 valence electrons. The van der Waals surface area contributed by atoms with E-state index in [1.807, 2.05) is 0 Å². The lowest BCUT2D eigenvalue weighted by molar-refractivity contribution is -0.384. The molecule has 0 aromatic heterocycles. The van der Waals surface area contributed by atoms with Crippen molar-refractivity contribution < 1.29 is 33.8 Å². The van der Waals surface area contributed by atoms with E-state index in [0.29, 0.717) is 39.5 Å². The zero-order valence-corrected chi connectivity index (χ0v) is 18.0. The normalized spacial score (nSPS) is 18.7. The Kier molecular flexibility index (Phi) is 5.18. The summed E-state index contributed by atoms with van der Waals surface area (Å²) >= 11 is 0. The molecule has 2 aliphatic heterocycles. The van der Waals surface area contributed by atoms with E-state index in [1.165, 1.54) is 19.2 Å². The van der Waals surface area contributed by atoms with Gasteiger partial charge in [0.25, 0.3) is 11.5 Å². The van der Waals surface area contributed by atoms with E-state index >= 15 is 0 Å². The number of nitro groups is 1. The predicted octanol–water partition coefficient (Wildman–Crippen LogP) is 3.73. The number of hydrogen-bond donors (Lipinski definition) is 1. The van der Waals surface area contributed by atoms with Gasteiger partial charge in [-0.2, -0.15) is 0 Å². The van der Waals surface area contributed by atoms with Gasteiger partial charge in [0.05, 0.1) is 17.6 Å². The Labute approximate surface area is 193 Å². The van der Waals surface area contributed by atoms with E-state index in [-0.39, 0.29) is 24.5 Å². The molecule has 34 heavy (non-hydrogen) atoms. The van der Waals surface area contributed by atoms with Gasteiger partial charge in [0, 0.05) is 29.7 Å². The van der Waals surface area contributed by atoms with Crippen LogP contribution in [0.15, 0.2) is 72.3 Å². The number of carbonyl (C=O) groups excluding carboxylic acids is 1. The summed E-state index contributed by atoms with van der Waals surface area (Å²) in [6.45, 7) is 0.0771. The van der Waals surface area contributed by atoms with Crippen LogP contribution in [0.4, 0.5) is 5.69 Å². The van der Waals surface area contributed by atoms with Crippen LogP contribution in [0.5, 0.6) is 17.2 Å². The highest BCUT2D eigenvalue weighted by atomic mass is 16.7. The number of benzene rings is 3. The summed E-state index contributed by atoms with van der Waals surface area (Å²) < 4.78 is 21.6. The number of non-ortho nitro benzene ring substituents is 1. The molecule has 0 aliphatic carbocycles. The van der Waals surface area contributed by atoms with Crippen molar-refractivity contribution in [2.75, 3.05) is 13.9 Å². The average Bonchev–Trinajstić information content (AvgIpc) is 3.41. The molecule has 0 spiro atoms. The van der Waals surface area contributed by atoms with Crippen molar-refractivity contribution >= 4 is 17.2 Å². The number of hydrogen-bond acceptors (Lipinski definition) is 8. The fourth-order valence-corrected chi connectivity index (χ4v) is 4.08. The minimum absolute atomic E-state index is 0.0575. The van der Waals surface area contributed by atoms with Crippen LogP contribution in [0.3, 0.4) is 0 Å². The largest absolute Gasteiger partial charge is 0.497 e. The molecule has 3 aromatic carbocycles. The molecule has 9 nitrogen and oxygen atoms in total. The molecule has 0 fully saturated rings. The maximum absolute atomic E-state index is 13.1. The van der Waals surface area contributed by atoms with Crippen LogP contribution in [0.1, 0.15) is 16.7 Å². The molecule has 0 saturated carbocycles. The van der Waals surface area contributed by atoms with Crippen molar-refractivity contribution in [1.82, 2.24) is 0 Å². The Morgan fingerprint density at radius 1 is 1.03 bits per heavy atom. The molecule has 1 unspecified atom stereocenters. The Morgan fingerprint density at radius 3 is 2.41 bits per heavy atom. The van der Waals surface area contributed by atoms with Gasteiger partial charge in [0.1, 0.15) is 5.75 Å². The maximum atomic E-state index is 13.1. The minimum Gasteiger partial charge on any atom is -0.497 e. The second kappa shape index (κ2) is 8.20. The summed E-state index contributed by atoms with van der Waals surface area (Å²) in [6.07, 6.45) is 0.107. The number of ether oxygens (including phenoxy) is 4. The second-order valence-electron chi connectivity index (χ2n) is 7.78. The summed E-state index contributed by atoms with van der Waals surface area (Å²) in [7, 11) is 1.52. The highest BCUT2D eigenvalue weighted by molar-refractivity contribution is 6.20. The summed E-state index contributed by atoms with van der Waals surface area (Å²) in [5.74, 6) is -1.13. The molecule has 0 bridgehead atoms. The molecule has 2 heterocycles. The molecule has 5 rings (SSSR count). The quantitative estimate of drug-likeness (QED) is 0.335. The Balaban J connectivity index is 1.64. The number of carbonyl (C=O) groups is 1. The van der Waals surface area contributed by atoms with Gasteiger partial charge >= 0.3 is 5.97 Å². The van der Waals surface area contributed by atoms with Gasteiger partial charge in [-0.15, -0.1) is 0 Å². The molecule has 0 amide bonds. The third-order valence-corrected chi connectivity index (χ3v) is 5.83. The summed E-state index contributed by atoms with van der Waals surface area (Å²) in [6, 6.07) is 17.5. The standard InChI is InChI=1S/C25H19NO8/c1-31-19-9-5-17(6-10-19)25(28)20(12-15-2-7-18(8-3-15)26(29)30)23(24(27)34-25)16-4-11-21-22(13-16)33-14-32-21/h2-11,13,28H,12,14H2,1H3. The zero-order chi connectivity index (χ0) is 23.9. The van der Waals surface area contributed by atoms with Crippen LogP contribution in [0.2, 0.25) is 0 Å². The highest BCUT2D eigenvalue weighted by Crippen LogP contribution is 2.46. The lowest BCUT2D eigenvalue weighted by Crippen LogP contribution is -2.29. The first-order chi connectivity index (χ1) is 16.4. The minimum atomic E-state index is -2.04. The number of fused-ring (bicyclic) bond motifs is 1. The van der Waals surface area contributed by atoms with E-state index in [0.717, 1.165) is 0 Å².